The third-order valence-corrected chi connectivity index (χ3v) is 6.58. The quantitative estimate of drug-likeness (QED) is 0.475. The van der Waals surface area contributed by atoms with E-state index in [1.165, 1.54) is 4.57 Å². The topological polar surface area (TPSA) is 75.3 Å². The van der Waals surface area contributed by atoms with E-state index in [-0.39, 0.29) is 23.7 Å². The molecule has 4 aromatic rings. The van der Waals surface area contributed by atoms with Crippen LogP contribution in [0, 0.1) is 0 Å². The Balaban J connectivity index is 1.42. The Hall–Kier alpha value is -3.65. The van der Waals surface area contributed by atoms with Gasteiger partial charge in [-0.05, 0) is 42.2 Å². The molecule has 0 aliphatic carbocycles. The van der Waals surface area contributed by atoms with E-state index in [4.69, 9.17) is 12.2 Å². The van der Waals surface area contributed by atoms with Gasteiger partial charge in [-0.3, -0.25) is 9.55 Å². The first-order chi connectivity index (χ1) is 15.1. The van der Waals surface area contributed by atoms with Crippen LogP contribution in [-0.4, -0.2) is 35.8 Å². The molecule has 2 aliphatic heterocycles. The van der Waals surface area contributed by atoms with Crippen molar-refractivity contribution >= 4 is 33.8 Å². The van der Waals surface area contributed by atoms with Crippen LogP contribution in [0.1, 0.15) is 24.2 Å². The van der Waals surface area contributed by atoms with E-state index < -0.39 is 0 Å². The molecule has 2 bridgehead atoms. The maximum absolute atomic E-state index is 13.4. The Morgan fingerprint density at radius 1 is 1.13 bits per heavy atom. The second-order valence-electron chi connectivity index (χ2n) is 7.92. The highest BCUT2D eigenvalue weighted by atomic mass is 32.1. The molecule has 8 heteroatoms. The molecule has 154 valence electrons. The van der Waals surface area contributed by atoms with E-state index in [2.05, 4.69) is 15.2 Å². The molecular formula is C23H19N5O2S. The van der Waals surface area contributed by atoms with Crippen LogP contribution >= 0.6 is 12.2 Å². The molecule has 2 N–H and O–H groups in total. The van der Waals surface area contributed by atoms with Crippen molar-refractivity contribution in [3.05, 3.63) is 83.2 Å². The average Bonchev–Trinajstić information content (AvgIpc) is 3.46. The fourth-order valence-corrected chi connectivity index (χ4v) is 5.24. The van der Waals surface area contributed by atoms with Crippen LogP contribution in [-0.2, 0) is 0 Å². The van der Waals surface area contributed by atoms with E-state index in [0.29, 0.717) is 23.0 Å². The summed E-state index contributed by atoms with van der Waals surface area (Å²) in [5.74, 6) is -0.0114. The van der Waals surface area contributed by atoms with E-state index >= 15 is 0 Å². The highest BCUT2D eigenvalue weighted by molar-refractivity contribution is 7.80. The zero-order valence-electron chi connectivity index (χ0n) is 16.5. The van der Waals surface area contributed by atoms with Crippen LogP contribution in [0.15, 0.2) is 71.8 Å². The third kappa shape index (κ3) is 2.61. The summed E-state index contributed by atoms with van der Waals surface area (Å²) in [7, 11) is 0. The Kier molecular flexibility index (Phi) is 3.91. The van der Waals surface area contributed by atoms with Gasteiger partial charge in [-0.1, -0.05) is 36.4 Å². The van der Waals surface area contributed by atoms with Gasteiger partial charge in [-0.2, -0.15) is 0 Å². The van der Waals surface area contributed by atoms with Crippen molar-refractivity contribution in [2.75, 3.05) is 11.9 Å². The smallest absolute Gasteiger partial charge is 0.336 e. The summed E-state index contributed by atoms with van der Waals surface area (Å²) in [5.41, 5.74) is 1.92. The highest BCUT2D eigenvalue weighted by Crippen LogP contribution is 2.49. The molecule has 2 aromatic heterocycles. The van der Waals surface area contributed by atoms with Gasteiger partial charge >= 0.3 is 5.69 Å². The average molecular weight is 430 g/mol. The number of likely N-dealkylation sites (tertiary alicyclic amines) is 1. The minimum Gasteiger partial charge on any atom is -0.493 e. The molecular weight excluding hydrogens is 410 g/mol. The van der Waals surface area contributed by atoms with Crippen LogP contribution in [0.25, 0.3) is 16.5 Å². The Labute approximate surface area is 183 Å². The van der Waals surface area contributed by atoms with Crippen molar-refractivity contribution in [1.29, 1.82) is 0 Å². The van der Waals surface area contributed by atoms with Crippen molar-refractivity contribution in [1.82, 2.24) is 19.0 Å². The van der Waals surface area contributed by atoms with Gasteiger partial charge in [0.25, 0.3) is 0 Å². The Bertz CT molecular complexity index is 1390. The summed E-state index contributed by atoms with van der Waals surface area (Å²) in [6.45, 7) is 0.628. The van der Waals surface area contributed by atoms with E-state index in [1.807, 2.05) is 54.6 Å². The van der Waals surface area contributed by atoms with Crippen LogP contribution in [0.4, 0.5) is 5.69 Å². The summed E-state index contributed by atoms with van der Waals surface area (Å²) in [5, 5.41) is 16.9. The van der Waals surface area contributed by atoms with E-state index in [9.17, 15) is 9.90 Å². The molecule has 31 heavy (non-hydrogen) atoms. The minimum atomic E-state index is -0.206. The van der Waals surface area contributed by atoms with Gasteiger partial charge < -0.3 is 15.3 Å². The van der Waals surface area contributed by atoms with Crippen LogP contribution in [0.2, 0.25) is 0 Å². The van der Waals surface area contributed by atoms with Gasteiger partial charge in [-0.25, -0.2) is 9.36 Å². The molecule has 7 nitrogen and oxygen atoms in total. The zero-order chi connectivity index (χ0) is 21.1. The first-order valence-electron chi connectivity index (χ1n) is 10.2. The number of nitrogens with zero attached hydrogens (tertiary/aromatic N) is 4. The standard InChI is InChI=1S/C23H19N5O2S/c29-21-20-19-11-16(13-26(19)22(31)25-15-7-4-10-24-12-15)27(20)23(30)28(21)18-9-3-6-14-5-1-2-8-17(14)18/h1-10,12,16,19,29H,11,13H2,(H,25,31)/t16-,19?/m1/s1. The summed E-state index contributed by atoms with van der Waals surface area (Å²) >= 11 is 5.64. The number of aromatic nitrogens is 3. The lowest BCUT2D eigenvalue weighted by Gasteiger charge is -2.30. The van der Waals surface area contributed by atoms with Crippen molar-refractivity contribution in [3.8, 4) is 11.6 Å². The first-order valence-corrected chi connectivity index (χ1v) is 10.6. The number of rotatable bonds is 2. The van der Waals surface area contributed by atoms with Crippen LogP contribution in [0.5, 0.6) is 5.88 Å². The molecule has 0 spiro atoms. The van der Waals surface area contributed by atoms with Gasteiger partial charge in [-0.15, -0.1) is 0 Å². The molecule has 1 fully saturated rings. The number of imidazole rings is 1. The Morgan fingerprint density at radius 2 is 1.97 bits per heavy atom. The molecule has 0 saturated carbocycles. The summed E-state index contributed by atoms with van der Waals surface area (Å²) in [6, 6.07) is 17.2. The zero-order valence-corrected chi connectivity index (χ0v) is 17.3. The fraction of sp³-hybridized carbons (Fsp3) is 0.174. The van der Waals surface area contributed by atoms with Crippen molar-refractivity contribution in [2.24, 2.45) is 0 Å². The number of benzene rings is 2. The lowest BCUT2D eigenvalue weighted by molar-refractivity contribution is 0.341. The molecule has 2 aromatic carbocycles. The number of fused-ring (bicyclic) bond motifs is 6. The SMILES string of the molecule is O=c1n(-c2cccc3ccccc23)c(O)c2n1[C@@H]1CC2N(C(=S)Nc2cccnc2)C1. The van der Waals surface area contributed by atoms with Crippen molar-refractivity contribution in [2.45, 2.75) is 18.5 Å². The van der Waals surface area contributed by atoms with Gasteiger partial charge in [0.05, 0.1) is 29.7 Å². The minimum absolute atomic E-state index is 0.0114. The van der Waals surface area contributed by atoms with E-state index in [0.717, 1.165) is 22.9 Å². The number of thiocarbonyl (C=S) groups is 1. The summed E-state index contributed by atoms with van der Waals surface area (Å²) < 4.78 is 3.17. The lowest BCUT2D eigenvalue weighted by atomic mass is 10.1. The van der Waals surface area contributed by atoms with Gasteiger partial charge in [0.1, 0.15) is 5.69 Å². The summed E-state index contributed by atoms with van der Waals surface area (Å²) in [6.07, 6.45) is 4.17. The largest absolute Gasteiger partial charge is 0.493 e. The number of aromatic hydroxyl groups is 1. The fourth-order valence-electron chi connectivity index (χ4n) is 4.92. The molecule has 2 aliphatic rings. The monoisotopic (exact) mass is 429 g/mol. The normalized spacial score (nSPS) is 19.0. The highest BCUT2D eigenvalue weighted by Gasteiger charge is 2.48. The maximum Gasteiger partial charge on any atom is 0.336 e. The Morgan fingerprint density at radius 3 is 2.81 bits per heavy atom. The maximum atomic E-state index is 13.4. The second-order valence-corrected chi connectivity index (χ2v) is 8.31. The lowest BCUT2D eigenvalue weighted by Crippen LogP contribution is -2.39. The molecule has 0 radical (unpaired) electrons. The third-order valence-electron chi connectivity index (χ3n) is 6.24. The number of nitrogens with one attached hydrogen (secondary N) is 1. The number of hydrogen-bond acceptors (Lipinski definition) is 4. The molecule has 1 saturated heterocycles. The number of anilines is 1. The first kappa shape index (κ1) is 18.1. The number of hydrogen-bond donors (Lipinski definition) is 2. The predicted octanol–water partition coefficient (Wildman–Crippen LogP) is 3.59. The van der Waals surface area contributed by atoms with Crippen LogP contribution in [0.3, 0.4) is 0 Å². The predicted molar refractivity (Wildman–Crippen MR) is 123 cm³/mol. The van der Waals surface area contributed by atoms with E-state index in [1.54, 1.807) is 17.0 Å². The van der Waals surface area contributed by atoms with Crippen molar-refractivity contribution in [3.63, 3.8) is 0 Å². The van der Waals surface area contributed by atoms with Gasteiger partial charge in [0.15, 0.2) is 5.11 Å². The van der Waals surface area contributed by atoms with Gasteiger partial charge in [0.2, 0.25) is 5.88 Å². The number of pyridine rings is 1. The molecule has 6 rings (SSSR count). The second kappa shape index (κ2) is 6.68. The van der Waals surface area contributed by atoms with Crippen LogP contribution < -0.4 is 11.0 Å². The molecule has 4 heterocycles. The summed E-state index contributed by atoms with van der Waals surface area (Å²) in [4.78, 5) is 19.5. The molecule has 1 unspecified atom stereocenters. The molecule has 0 amide bonds. The van der Waals surface area contributed by atoms with Crippen molar-refractivity contribution < 1.29 is 5.11 Å². The molecule has 2 atom stereocenters. The van der Waals surface area contributed by atoms with Gasteiger partial charge in [0, 0.05) is 18.1 Å².